The number of aromatic nitrogens is 4. The summed E-state index contributed by atoms with van der Waals surface area (Å²) in [6.07, 6.45) is 6.38. The lowest BCUT2D eigenvalue weighted by Crippen LogP contribution is -2.18. The van der Waals surface area contributed by atoms with Crippen LogP contribution in [0.2, 0.25) is 0 Å². The Bertz CT molecular complexity index is 462. The Labute approximate surface area is 94.9 Å². The van der Waals surface area contributed by atoms with Gasteiger partial charge in [-0.2, -0.15) is 0 Å². The predicted molar refractivity (Wildman–Crippen MR) is 63.3 cm³/mol. The molecular formula is C11H17N5. The van der Waals surface area contributed by atoms with Crippen molar-refractivity contribution < 1.29 is 0 Å². The van der Waals surface area contributed by atoms with Gasteiger partial charge in [0.25, 0.3) is 0 Å². The number of nitrogens with zero attached hydrogens (tertiary/aromatic N) is 4. The fraction of sp³-hybridized carbons (Fsp3) is 0.545. The maximum atomic E-state index is 4.29. The second-order valence-corrected chi connectivity index (χ2v) is 4.51. The summed E-state index contributed by atoms with van der Waals surface area (Å²) in [6, 6.07) is 0.385. The minimum absolute atomic E-state index is 0.385. The summed E-state index contributed by atoms with van der Waals surface area (Å²) in [4.78, 5) is 4.29. The molecule has 0 aliphatic rings. The monoisotopic (exact) mass is 219 g/mol. The Morgan fingerprint density at radius 3 is 2.94 bits per heavy atom. The van der Waals surface area contributed by atoms with Crippen LogP contribution in [0, 0.1) is 5.92 Å². The van der Waals surface area contributed by atoms with Crippen molar-refractivity contribution in [3.05, 3.63) is 18.7 Å². The van der Waals surface area contributed by atoms with E-state index in [0.29, 0.717) is 12.0 Å². The molecule has 0 spiro atoms. The van der Waals surface area contributed by atoms with Crippen LogP contribution < -0.4 is 5.32 Å². The van der Waals surface area contributed by atoms with Crippen LogP contribution in [0.25, 0.3) is 5.65 Å². The van der Waals surface area contributed by atoms with Crippen molar-refractivity contribution in [3.63, 3.8) is 0 Å². The van der Waals surface area contributed by atoms with E-state index >= 15 is 0 Å². The highest BCUT2D eigenvalue weighted by Gasteiger charge is 2.09. The number of hydrogen-bond donors (Lipinski definition) is 1. The molecule has 0 bridgehead atoms. The van der Waals surface area contributed by atoms with Gasteiger partial charge in [-0.25, -0.2) is 4.98 Å². The Hall–Kier alpha value is -1.65. The molecule has 2 aromatic heterocycles. The number of anilines is 1. The Balaban J connectivity index is 2.17. The molecule has 86 valence electrons. The van der Waals surface area contributed by atoms with E-state index in [0.717, 1.165) is 17.9 Å². The quantitative estimate of drug-likeness (QED) is 0.854. The lowest BCUT2D eigenvalue weighted by Gasteiger charge is -2.16. The molecule has 0 radical (unpaired) electrons. The van der Waals surface area contributed by atoms with Gasteiger partial charge in [0.1, 0.15) is 6.33 Å². The zero-order chi connectivity index (χ0) is 11.5. The van der Waals surface area contributed by atoms with E-state index in [1.807, 2.05) is 10.6 Å². The van der Waals surface area contributed by atoms with Gasteiger partial charge in [0.05, 0.1) is 0 Å². The van der Waals surface area contributed by atoms with E-state index in [-0.39, 0.29) is 0 Å². The molecule has 0 amide bonds. The lowest BCUT2D eigenvalue weighted by molar-refractivity contribution is 0.539. The average molecular weight is 219 g/mol. The molecule has 1 N–H and O–H groups in total. The fourth-order valence-electron chi connectivity index (χ4n) is 1.86. The lowest BCUT2D eigenvalue weighted by atomic mass is 10.1. The van der Waals surface area contributed by atoms with Crippen molar-refractivity contribution in [3.8, 4) is 0 Å². The highest BCUT2D eigenvalue weighted by Crippen LogP contribution is 2.14. The van der Waals surface area contributed by atoms with Crippen LogP contribution in [-0.4, -0.2) is 25.6 Å². The molecule has 5 heteroatoms. The van der Waals surface area contributed by atoms with Gasteiger partial charge >= 0.3 is 0 Å². The normalized spacial score (nSPS) is 13.2. The van der Waals surface area contributed by atoms with Gasteiger partial charge in [0.15, 0.2) is 5.82 Å². The summed E-state index contributed by atoms with van der Waals surface area (Å²) in [5.74, 6) is 1.47. The van der Waals surface area contributed by atoms with Crippen LogP contribution in [0.4, 0.5) is 5.82 Å². The third-order valence-corrected chi connectivity index (χ3v) is 2.42. The van der Waals surface area contributed by atoms with E-state index in [1.54, 1.807) is 12.5 Å². The SMILES string of the molecule is CC(C)CC(C)Nc1nccn2cnnc12. The molecule has 5 nitrogen and oxygen atoms in total. The highest BCUT2D eigenvalue weighted by atomic mass is 15.2. The van der Waals surface area contributed by atoms with E-state index in [4.69, 9.17) is 0 Å². The summed E-state index contributed by atoms with van der Waals surface area (Å²) < 4.78 is 1.86. The summed E-state index contributed by atoms with van der Waals surface area (Å²) in [6.45, 7) is 6.58. The molecule has 2 heterocycles. The molecule has 0 aliphatic heterocycles. The van der Waals surface area contributed by atoms with Crippen molar-refractivity contribution in [2.45, 2.75) is 33.2 Å². The molecule has 0 aromatic carbocycles. The molecular weight excluding hydrogens is 202 g/mol. The van der Waals surface area contributed by atoms with Gasteiger partial charge in [0, 0.05) is 18.4 Å². The first-order valence-corrected chi connectivity index (χ1v) is 5.57. The van der Waals surface area contributed by atoms with Crippen molar-refractivity contribution in [1.82, 2.24) is 19.6 Å². The number of nitrogens with one attached hydrogen (secondary N) is 1. The van der Waals surface area contributed by atoms with Crippen LogP contribution >= 0.6 is 0 Å². The summed E-state index contributed by atoms with van der Waals surface area (Å²) in [5, 5.41) is 11.3. The van der Waals surface area contributed by atoms with Gasteiger partial charge in [-0.1, -0.05) is 13.8 Å². The molecule has 0 fully saturated rings. The molecule has 16 heavy (non-hydrogen) atoms. The average Bonchev–Trinajstić information content (AvgIpc) is 2.65. The van der Waals surface area contributed by atoms with Crippen LogP contribution in [-0.2, 0) is 0 Å². The van der Waals surface area contributed by atoms with Crippen molar-refractivity contribution in [2.75, 3.05) is 5.32 Å². The third-order valence-electron chi connectivity index (χ3n) is 2.42. The van der Waals surface area contributed by atoms with Crippen LogP contribution in [0.5, 0.6) is 0 Å². The highest BCUT2D eigenvalue weighted by molar-refractivity contribution is 5.61. The largest absolute Gasteiger partial charge is 0.364 e. The van der Waals surface area contributed by atoms with E-state index in [2.05, 4.69) is 41.3 Å². The van der Waals surface area contributed by atoms with Gasteiger partial charge in [-0.05, 0) is 19.3 Å². The van der Waals surface area contributed by atoms with Gasteiger partial charge < -0.3 is 5.32 Å². The smallest absolute Gasteiger partial charge is 0.203 e. The van der Waals surface area contributed by atoms with Gasteiger partial charge in [-0.15, -0.1) is 10.2 Å². The van der Waals surface area contributed by atoms with E-state index in [1.165, 1.54) is 0 Å². The summed E-state index contributed by atoms with van der Waals surface area (Å²) >= 11 is 0. The van der Waals surface area contributed by atoms with Crippen molar-refractivity contribution >= 4 is 11.5 Å². The molecule has 2 rings (SSSR count). The zero-order valence-corrected chi connectivity index (χ0v) is 9.88. The standard InChI is InChI=1S/C11H17N5/c1-8(2)6-9(3)14-10-11-15-13-7-16(11)5-4-12-10/h4-5,7-9H,6H2,1-3H3,(H,12,14). The van der Waals surface area contributed by atoms with E-state index < -0.39 is 0 Å². The second-order valence-electron chi connectivity index (χ2n) is 4.51. The van der Waals surface area contributed by atoms with Crippen LogP contribution in [0.1, 0.15) is 27.2 Å². The first-order valence-electron chi connectivity index (χ1n) is 5.57. The molecule has 2 aromatic rings. The van der Waals surface area contributed by atoms with Crippen molar-refractivity contribution in [1.29, 1.82) is 0 Å². The first-order chi connectivity index (χ1) is 7.66. The van der Waals surface area contributed by atoms with E-state index in [9.17, 15) is 0 Å². The molecule has 0 aliphatic carbocycles. The Kier molecular flexibility index (Phi) is 3.03. The van der Waals surface area contributed by atoms with Crippen molar-refractivity contribution in [2.24, 2.45) is 5.92 Å². The minimum Gasteiger partial charge on any atom is -0.364 e. The summed E-state index contributed by atoms with van der Waals surface area (Å²) in [7, 11) is 0. The van der Waals surface area contributed by atoms with Crippen LogP contribution in [0.3, 0.4) is 0 Å². The fourth-order valence-corrected chi connectivity index (χ4v) is 1.86. The Morgan fingerprint density at radius 1 is 1.38 bits per heavy atom. The maximum absolute atomic E-state index is 4.29. The minimum atomic E-state index is 0.385. The maximum Gasteiger partial charge on any atom is 0.203 e. The van der Waals surface area contributed by atoms with Gasteiger partial charge in [-0.3, -0.25) is 4.40 Å². The number of rotatable bonds is 4. The summed E-state index contributed by atoms with van der Waals surface area (Å²) in [5.41, 5.74) is 0.776. The zero-order valence-electron chi connectivity index (χ0n) is 9.88. The number of hydrogen-bond acceptors (Lipinski definition) is 4. The topological polar surface area (TPSA) is 55.1 Å². The molecule has 1 unspecified atom stereocenters. The first kappa shape index (κ1) is 10.9. The second kappa shape index (κ2) is 4.47. The Morgan fingerprint density at radius 2 is 2.19 bits per heavy atom. The van der Waals surface area contributed by atoms with Gasteiger partial charge in [0.2, 0.25) is 5.65 Å². The third kappa shape index (κ3) is 2.29. The predicted octanol–water partition coefficient (Wildman–Crippen LogP) is 1.97. The van der Waals surface area contributed by atoms with Crippen LogP contribution in [0.15, 0.2) is 18.7 Å². The number of fused-ring (bicyclic) bond motifs is 1. The molecule has 1 atom stereocenters. The molecule has 0 saturated heterocycles. The molecule has 0 saturated carbocycles.